The number of carbonyl (C=O) groups is 2. The Bertz CT molecular complexity index is 458. The summed E-state index contributed by atoms with van der Waals surface area (Å²) in [6.07, 6.45) is 20.6. The number of hydrogen-bond acceptors (Lipinski definition) is 4. The highest BCUT2D eigenvalue weighted by Crippen LogP contribution is 2.32. The van der Waals surface area contributed by atoms with Gasteiger partial charge in [-0.3, -0.25) is 9.59 Å². The highest BCUT2D eigenvalue weighted by molar-refractivity contribution is 5.82. The number of rotatable bonds is 18. The Labute approximate surface area is 192 Å². The monoisotopic (exact) mass is 438 g/mol. The van der Waals surface area contributed by atoms with Gasteiger partial charge in [0.1, 0.15) is 6.10 Å². The van der Waals surface area contributed by atoms with Crippen LogP contribution in [0.25, 0.3) is 0 Å². The topological polar surface area (TPSA) is 52.6 Å². The van der Waals surface area contributed by atoms with E-state index in [2.05, 4.69) is 6.92 Å². The quantitative estimate of drug-likeness (QED) is 0.162. The lowest BCUT2D eigenvalue weighted by molar-refractivity contribution is -0.166. The Balaban J connectivity index is 2.12. The molecule has 0 heterocycles. The Morgan fingerprint density at radius 2 is 1.13 bits per heavy atom. The van der Waals surface area contributed by atoms with Crippen LogP contribution in [0.4, 0.5) is 0 Å². The Kier molecular flexibility index (Phi) is 16.7. The standard InChI is InChI=1S/C27H50O4/c1-4-7-8-9-10-11-12-13-14-15-16-19-22-30-26(28)24-20-17-18-21-25(24)27(29)31-23(5-2)6-3/h23-25H,4-22H2,1-3H3. The van der Waals surface area contributed by atoms with E-state index < -0.39 is 0 Å². The number of hydrogen-bond donors (Lipinski definition) is 0. The van der Waals surface area contributed by atoms with E-state index in [4.69, 9.17) is 9.47 Å². The molecule has 4 nitrogen and oxygen atoms in total. The molecule has 31 heavy (non-hydrogen) atoms. The second-order valence-corrected chi connectivity index (χ2v) is 9.43. The van der Waals surface area contributed by atoms with Crippen molar-refractivity contribution in [2.24, 2.45) is 11.8 Å². The van der Waals surface area contributed by atoms with Crippen LogP contribution in [0.2, 0.25) is 0 Å². The van der Waals surface area contributed by atoms with Crippen LogP contribution in [0.15, 0.2) is 0 Å². The molecule has 0 aromatic carbocycles. The second-order valence-electron chi connectivity index (χ2n) is 9.43. The first-order chi connectivity index (χ1) is 15.1. The van der Waals surface area contributed by atoms with Gasteiger partial charge < -0.3 is 9.47 Å². The van der Waals surface area contributed by atoms with E-state index >= 15 is 0 Å². The molecule has 0 N–H and O–H groups in total. The van der Waals surface area contributed by atoms with Crippen molar-refractivity contribution in [2.75, 3.05) is 6.61 Å². The minimum Gasteiger partial charge on any atom is -0.465 e. The summed E-state index contributed by atoms with van der Waals surface area (Å²) in [7, 11) is 0. The fourth-order valence-corrected chi connectivity index (χ4v) is 4.62. The van der Waals surface area contributed by atoms with Gasteiger partial charge in [0.15, 0.2) is 0 Å². The van der Waals surface area contributed by atoms with Crippen LogP contribution in [-0.2, 0) is 19.1 Å². The van der Waals surface area contributed by atoms with Gasteiger partial charge in [-0.2, -0.15) is 0 Å². The van der Waals surface area contributed by atoms with Crippen LogP contribution in [-0.4, -0.2) is 24.6 Å². The average molecular weight is 439 g/mol. The van der Waals surface area contributed by atoms with Gasteiger partial charge in [-0.25, -0.2) is 0 Å². The fraction of sp³-hybridized carbons (Fsp3) is 0.926. The lowest BCUT2D eigenvalue weighted by Crippen LogP contribution is -2.36. The number of carbonyl (C=O) groups excluding carboxylic acids is 2. The first-order valence-electron chi connectivity index (χ1n) is 13.5. The molecule has 0 spiro atoms. The van der Waals surface area contributed by atoms with Crippen molar-refractivity contribution in [3.63, 3.8) is 0 Å². The predicted octanol–water partition coefficient (Wildman–Crippen LogP) is 7.77. The Morgan fingerprint density at radius 3 is 1.61 bits per heavy atom. The predicted molar refractivity (Wildman–Crippen MR) is 128 cm³/mol. The molecule has 0 aromatic heterocycles. The molecule has 0 aliphatic heterocycles. The second kappa shape index (κ2) is 18.5. The number of ether oxygens (including phenoxy) is 2. The van der Waals surface area contributed by atoms with Crippen molar-refractivity contribution in [3.8, 4) is 0 Å². The first-order valence-corrected chi connectivity index (χ1v) is 13.5. The van der Waals surface area contributed by atoms with Crippen molar-refractivity contribution in [1.82, 2.24) is 0 Å². The van der Waals surface area contributed by atoms with E-state index in [1.807, 2.05) is 13.8 Å². The van der Waals surface area contributed by atoms with E-state index in [-0.39, 0.29) is 29.9 Å². The lowest BCUT2D eigenvalue weighted by Gasteiger charge is -2.29. The molecule has 182 valence electrons. The van der Waals surface area contributed by atoms with Gasteiger partial charge in [-0.05, 0) is 32.1 Å². The molecule has 1 fully saturated rings. The van der Waals surface area contributed by atoms with Gasteiger partial charge in [-0.15, -0.1) is 0 Å². The van der Waals surface area contributed by atoms with Crippen LogP contribution in [0.3, 0.4) is 0 Å². The van der Waals surface area contributed by atoms with Crippen LogP contribution in [0.1, 0.15) is 136 Å². The largest absolute Gasteiger partial charge is 0.465 e. The Hall–Kier alpha value is -1.06. The van der Waals surface area contributed by atoms with E-state index in [9.17, 15) is 9.59 Å². The molecule has 2 atom stereocenters. The van der Waals surface area contributed by atoms with Crippen molar-refractivity contribution in [1.29, 1.82) is 0 Å². The van der Waals surface area contributed by atoms with Gasteiger partial charge in [0.25, 0.3) is 0 Å². The SMILES string of the molecule is CCCCCCCCCCCCCCOC(=O)C1CCCCC1C(=O)OC(CC)CC. The zero-order valence-electron chi connectivity index (χ0n) is 20.8. The van der Waals surface area contributed by atoms with Crippen molar-refractivity contribution in [3.05, 3.63) is 0 Å². The maximum Gasteiger partial charge on any atom is 0.310 e. The summed E-state index contributed by atoms with van der Waals surface area (Å²) in [5.74, 6) is -1.01. The summed E-state index contributed by atoms with van der Waals surface area (Å²) >= 11 is 0. The molecule has 4 heteroatoms. The molecule has 1 saturated carbocycles. The molecule has 2 unspecified atom stereocenters. The zero-order valence-corrected chi connectivity index (χ0v) is 20.8. The van der Waals surface area contributed by atoms with Crippen molar-refractivity contribution < 1.29 is 19.1 Å². The normalized spacial score (nSPS) is 18.8. The molecule has 0 saturated heterocycles. The summed E-state index contributed by atoms with van der Waals surface area (Å²) in [6, 6.07) is 0. The van der Waals surface area contributed by atoms with Gasteiger partial charge >= 0.3 is 11.9 Å². The molecular formula is C27H50O4. The third kappa shape index (κ3) is 12.5. The Morgan fingerprint density at radius 1 is 0.677 bits per heavy atom. The number of esters is 2. The summed E-state index contributed by atoms with van der Waals surface area (Å²) in [6.45, 7) is 6.81. The van der Waals surface area contributed by atoms with Gasteiger partial charge in [0.2, 0.25) is 0 Å². The molecule has 0 aromatic rings. The lowest BCUT2D eigenvalue weighted by atomic mass is 9.79. The summed E-state index contributed by atoms with van der Waals surface area (Å²) in [5, 5.41) is 0. The molecular weight excluding hydrogens is 388 g/mol. The van der Waals surface area contributed by atoms with Crippen LogP contribution in [0, 0.1) is 11.8 Å². The molecule has 1 aliphatic rings. The minimum absolute atomic E-state index is 0.0350. The van der Waals surface area contributed by atoms with Gasteiger partial charge in [0.05, 0.1) is 18.4 Å². The molecule has 0 bridgehead atoms. The highest BCUT2D eigenvalue weighted by atomic mass is 16.5. The zero-order chi connectivity index (χ0) is 22.7. The molecule has 0 radical (unpaired) electrons. The third-order valence-electron chi connectivity index (χ3n) is 6.81. The van der Waals surface area contributed by atoms with Crippen molar-refractivity contribution in [2.45, 2.75) is 142 Å². The third-order valence-corrected chi connectivity index (χ3v) is 6.81. The summed E-state index contributed by atoms with van der Waals surface area (Å²) in [5.41, 5.74) is 0. The van der Waals surface area contributed by atoms with E-state index in [0.29, 0.717) is 6.61 Å². The highest BCUT2D eigenvalue weighted by Gasteiger charge is 2.38. The van der Waals surface area contributed by atoms with E-state index in [1.54, 1.807) is 0 Å². The summed E-state index contributed by atoms with van der Waals surface area (Å²) < 4.78 is 11.2. The number of unbranched alkanes of at least 4 members (excludes halogenated alkanes) is 11. The maximum absolute atomic E-state index is 12.6. The smallest absolute Gasteiger partial charge is 0.310 e. The van der Waals surface area contributed by atoms with Crippen molar-refractivity contribution >= 4 is 11.9 Å². The molecule has 0 amide bonds. The maximum atomic E-state index is 12.6. The van der Waals surface area contributed by atoms with Gasteiger partial charge in [0, 0.05) is 0 Å². The molecule has 1 aliphatic carbocycles. The summed E-state index contributed by atoms with van der Waals surface area (Å²) in [4.78, 5) is 25.2. The van der Waals surface area contributed by atoms with Gasteiger partial charge in [-0.1, -0.05) is 104 Å². The fourth-order valence-electron chi connectivity index (χ4n) is 4.62. The molecule has 1 rings (SSSR count). The van der Waals surface area contributed by atoms with Crippen LogP contribution < -0.4 is 0 Å². The van der Waals surface area contributed by atoms with Crippen LogP contribution >= 0.6 is 0 Å². The van der Waals surface area contributed by atoms with Crippen LogP contribution in [0.5, 0.6) is 0 Å². The van der Waals surface area contributed by atoms with E-state index in [1.165, 1.54) is 64.2 Å². The average Bonchev–Trinajstić information content (AvgIpc) is 2.80. The minimum atomic E-state index is -0.316. The first kappa shape index (κ1) is 28.0. The van der Waals surface area contributed by atoms with E-state index in [0.717, 1.165) is 51.4 Å².